The van der Waals surface area contributed by atoms with E-state index in [1.807, 2.05) is 12.3 Å². The lowest BCUT2D eigenvalue weighted by Crippen LogP contribution is -2.46. The molecular weight excluding hydrogens is 326 g/mol. The summed E-state index contributed by atoms with van der Waals surface area (Å²) in [6.45, 7) is 0. The van der Waals surface area contributed by atoms with Gasteiger partial charge < -0.3 is 0 Å². The van der Waals surface area contributed by atoms with E-state index in [0.29, 0.717) is 30.1 Å². The summed E-state index contributed by atoms with van der Waals surface area (Å²) >= 11 is 6.08. The molecule has 0 unspecified atom stereocenters. The van der Waals surface area contributed by atoms with Crippen molar-refractivity contribution in [3.8, 4) is 23.4 Å². The van der Waals surface area contributed by atoms with E-state index in [0.717, 1.165) is 11.1 Å². The minimum absolute atomic E-state index is 0.0168. The van der Waals surface area contributed by atoms with Crippen molar-refractivity contribution in [1.29, 1.82) is 10.5 Å². The largest absolute Gasteiger partial charge is 0.265 e. The zero-order valence-electron chi connectivity index (χ0n) is 12.6. The summed E-state index contributed by atoms with van der Waals surface area (Å²) in [5.74, 6) is -0.0168. The van der Waals surface area contributed by atoms with E-state index in [9.17, 15) is 0 Å². The number of nitriles is 2. The molecule has 4 rings (SSSR count). The topological polar surface area (TPSA) is 95.6 Å². The normalized spacial score (nSPS) is 22.7. The second-order valence-electron chi connectivity index (χ2n) is 6.04. The fourth-order valence-corrected chi connectivity index (χ4v) is 3.50. The van der Waals surface area contributed by atoms with Crippen LogP contribution in [0.3, 0.4) is 0 Å². The third-order valence-electron chi connectivity index (χ3n) is 4.55. The average Bonchev–Trinajstić information content (AvgIpc) is 3.18. The van der Waals surface area contributed by atoms with E-state index in [1.165, 1.54) is 0 Å². The number of aromatic nitrogens is 5. The molecule has 0 aliphatic heterocycles. The van der Waals surface area contributed by atoms with Crippen molar-refractivity contribution in [2.24, 2.45) is 5.92 Å². The first-order chi connectivity index (χ1) is 11.6. The molecular formula is C16H12ClN7. The van der Waals surface area contributed by atoms with E-state index >= 15 is 0 Å². The molecule has 0 radical (unpaired) electrons. The van der Waals surface area contributed by atoms with Crippen molar-refractivity contribution in [2.45, 2.75) is 24.8 Å². The minimum Gasteiger partial charge on any atom is -0.265 e. The number of nitrogens with zero attached hydrogens (tertiary/aromatic N) is 7. The molecule has 0 amide bonds. The van der Waals surface area contributed by atoms with Crippen molar-refractivity contribution in [3.63, 3.8) is 0 Å². The van der Waals surface area contributed by atoms with Crippen LogP contribution in [0.25, 0.3) is 16.8 Å². The van der Waals surface area contributed by atoms with Crippen LogP contribution in [0.15, 0.2) is 30.9 Å². The Morgan fingerprint density at radius 3 is 2.88 bits per heavy atom. The first kappa shape index (κ1) is 14.7. The smallest absolute Gasteiger partial charge is 0.148 e. The SMILES string of the molecule is N#CCC1(n2cc(-c3nc(Cl)cn4nccc34)cn2)CC(C#N)C1. The molecule has 7 nitrogen and oxygen atoms in total. The quantitative estimate of drug-likeness (QED) is 0.732. The van der Waals surface area contributed by atoms with Crippen LogP contribution in [0.1, 0.15) is 19.3 Å². The first-order valence-electron chi connectivity index (χ1n) is 7.47. The van der Waals surface area contributed by atoms with Gasteiger partial charge in [-0.3, -0.25) is 4.68 Å². The average molecular weight is 338 g/mol. The second kappa shape index (κ2) is 5.33. The lowest BCUT2D eigenvalue weighted by atomic mass is 9.67. The fourth-order valence-electron chi connectivity index (χ4n) is 3.32. The molecule has 24 heavy (non-hydrogen) atoms. The highest BCUT2D eigenvalue weighted by atomic mass is 35.5. The predicted molar refractivity (Wildman–Crippen MR) is 85.8 cm³/mol. The van der Waals surface area contributed by atoms with E-state index in [4.69, 9.17) is 22.1 Å². The molecule has 3 heterocycles. The third-order valence-corrected chi connectivity index (χ3v) is 4.73. The van der Waals surface area contributed by atoms with Gasteiger partial charge in [0.05, 0.1) is 54.1 Å². The van der Waals surface area contributed by atoms with Gasteiger partial charge in [0, 0.05) is 11.8 Å². The second-order valence-corrected chi connectivity index (χ2v) is 6.43. The molecule has 0 spiro atoms. The van der Waals surface area contributed by atoms with Crippen LogP contribution < -0.4 is 0 Å². The third kappa shape index (κ3) is 2.14. The van der Waals surface area contributed by atoms with Gasteiger partial charge in [-0.2, -0.15) is 20.7 Å². The van der Waals surface area contributed by atoms with Crippen molar-refractivity contribution >= 4 is 17.1 Å². The molecule has 0 saturated heterocycles. The minimum atomic E-state index is -0.400. The van der Waals surface area contributed by atoms with Crippen LogP contribution in [0.5, 0.6) is 0 Å². The first-order valence-corrected chi connectivity index (χ1v) is 7.85. The zero-order valence-corrected chi connectivity index (χ0v) is 13.3. The van der Waals surface area contributed by atoms with Gasteiger partial charge in [0.2, 0.25) is 0 Å². The Labute approximate surface area is 142 Å². The Bertz CT molecular complexity index is 998. The summed E-state index contributed by atoms with van der Waals surface area (Å²) in [5.41, 5.74) is 1.93. The summed E-state index contributed by atoms with van der Waals surface area (Å²) in [4.78, 5) is 4.39. The van der Waals surface area contributed by atoms with E-state index in [2.05, 4.69) is 27.3 Å². The fraction of sp³-hybridized carbons (Fsp3) is 0.312. The van der Waals surface area contributed by atoms with Crippen LogP contribution in [0.2, 0.25) is 5.15 Å². The Balaban J connectivity index is 1.76. The lowest BCUT2D eigenvalue weighted by molar-refractivity contribution is 0.0882. The molecule has 1 fully saturated rings. The van der Waals surface area contributed by atoms with Gasteiger partial charge in [0.25, 0.3) is 0 Å². The predicted octanol–water partition coefficient (Wildman–Crippen LogP) is 2.79. The van der Waals surface area contributed by atoms with Crippen LogP contribution in [0.4, 0.5) is 0 Å². The number of rotatable bonds is 3. The summed E-state index contributed by atoms with van der Waals surface area (Å²) in [7, 11) is 0. The van der Waals surface area contributed by atoms with Crippen molar-refractivity contribution in [1.82, 2.24) is 24.4 Å². The molecule has 3 aromatic rings. The summed E-state index contributed by atoms with van der Waals surface area (Å²) in [6.07, 6.45) is 8.53. The highest BCUT2D eigenvalue weighted by Crippen LogP contribution is 2.46. The van der Waals surface area contributed by atoms with Crippen LogP contribution in [-0.2, 0) is 5.54 Å². The standard InChI is InChI=1S/C16H12ClN7/c17-14-10-23-13(1-4-20-23)15(22-14)12-8-21-24(9-12)16(2-3-18)5-11(6-16)7-19/h1,4,8-11H,2,5-6H2. The molecule has 8 heteroatoms. The van der Waals surface area contributed by atoms with Gasteiger partial charge in [-0.15, -0.1) is 0 Å². The van der Waals surface area contributed by atoms with Crippen molar-refractivity contribution < 1.29 is 0 Å². The monoisotopic (exact) mass is 337 g/mol. The molecule has 1 saturated carbocycles. The highest BCUT2D eigenvalue weighted by molar-refractivity contribution is 6.29. The maximum atomic E-state index is 9.15. The molecule has 0 aromatic carbocycles. The van der Waals surface area contributed by atoms with E-state index in [1.54, 1.807) is 27.8 Å². The van der Waals surface area contributed by atoms with Gasteiger partial charge in [0.15, 0.2) is 0 Å². The Hall–Kier alpha value is -2.90. The maximum Gasteiger partial charge on any atom is 0.148 e. The van der Waals surface area contributed by atoms with Crippen LogP contribution in [0, 0.1) is 28.6 Å². The summed E-state index contributed by atoms with van der Waals surface area (Å²) in [5, 5.41) is 27.2. The van der Waals surface area contributed by atoms with Crippen LogP contribution >= 0.6 is 11.6 Å². The lowest BCUT2D eigenvalue weighted by Gasteiger charge is -2.43. The van der Waals surface area contributed by atoms with Crippen LogP contribution in [-0.4, -0.2) is 24.4 Å². The summed E-state index contributed by atoms with van der Waals surface area (Å²) < 4.78 is 3.47. The maximum absolute atomic E-state index is 9.15. The number of hydrogen-bond donors (Lipinski definition) is 0. The van der Waals surface area contributed by atoms with E-state index in [-0.39, 0.29) is 5.92 Å². The van der Waals surface area contributed by atoms with Gasteiger partial charge in [-0.1, -0.05) is 11.6 Å². The molecule has 1 aliphatic carbocycles. The van der Waals surface area contributed by atoms with Gasteiger partial charge >= 0.3 is 0 Å². The molecule has 118 valence electrons. The van der Waals surface area contributed by atoms with Crippen molar-refractivity contribution in [3.05, 3.63) is 36.0 Å². The van der Waals surface area contributed by atoms with Gasteiger partial charge in [-0.25, -0.2) is 9.50 Å². The Morgan fingerprint density at radius 2 is 2.12 bits per heavy atom. The Kier molecular flexibility index (Phi) is 3.26. The molecule has 3 aromatic heterocycles. The molecule has 0 bridgehead atoms. The van der Waals surface area contributed by atoms with Gasteiger partial charge in [-0.05, 0) is 18.9 Å². The van der Waals surface area contributed by atoms with Crippen molar-refractivity contribution in [2.75, 3.05) is 0 Å². The van der Waals surface area contributed by atoms with E-state index < -0.39 is 5.54 Å². The summed E-state index contributed by atoms with van der Waals surface area (Å²) in [6, 6.07) is 6.33. The zero-order chi connectivity index (χ0) is 16.7. The number of fused-ring (bicyclic) bond motifs is 1. The molecule has 0 N–H and O–H groups in total. The number of halogens is 1. The molecule has 0 atom stereocenters. The highest BCUT2D eigenvalue weighted by Gasteiger charge is 2.46. The number of hydrogen-bond acceptors (Lipinski definition) is 5. The molecule has 1 aliphatic rings. The van der Waals surface area contributed by atoms with Gasteiger partial charge in [0.1, 0.15) is 10.8 Å². The Morgan fingerprint density at radius 1 is 1.29 bits per heavy atom.